The Labute approximate surface area is 123 Å². The van der Waals surface area contributed by atoms with E-state index in [-0.39, 0.29) is 5.91 Å². The van der Waals surface area contributed by atoms with Crippen molar-refractivity contribution in [2.24, 2.45) is 0 Å². The van der Waals surface area contributed by atoms with E-state index >= 15 is 0 Å². The molecule has 7 heteroatoms. The van der Waals surface area contributed by atoms with Gasteiger partial charge in [-0.1, -0.05) is 12.1 Å². The second kappa shape index (κ2) is 6.36. The lowest BCUT2D eigenvalue weighted by atomic mass is 10.2. The quantitative estimate of drug-likeness (QED) is 0.873. The van der Waals surface area contributed by atoms with E-state index in [9.17, 15) is 13.2 Å². The van der Waals surface area contributed by atoms with Gasteiger partial charge in [0.2, 0.25) is 10.0 Å². The van der Waals surface area contributed by atoms with Gasteiger partial charge < -0.3 is 5.32 Å². The third-order valence-electron chi connectivity index (χ3n) is 2.65. The second-order valence-corrected chi connectivity index (χ2v) is 6.24. The minimum Gasteiger partial charge on any atom is -0.348 e. The van der Waals surface area contributed by atoms with Gasteiger partial charge in [-0.25, -0.2) is 8.42 Å². The monoisotopic (exact) mass is 305 g/mol. The van der Waals surface area contributed by atoms with E-state index < -0.39 is 10.0 Å². The number of anilines is 1. The van der Waals surface area contributed by atoms with Crippen LogP contribution in [0.4, 0.5) is 5.69 Å². The van der Waals surface area contributed by atoms with Crippen LogP contribution in [-0.2, 0) is 16.6 Å². The van der Waals surface area contributed by atoms with E-state index in [1.165, 1.54) is 0 Å². The molecule has 110 valence electrons. The molecule has 1 amide bonds. The van der Waals surface area contributed by atoms with Gasteiger partial charge in [0.25, 0.3) is 5.91 Å². The minimum absolute atomic E-state index is 0.185. The van der Waals surface area contributed by atoms with Gasteiger partial charge in [0.05, 0.1) is 6.26 Å². The van der Waals surface area contributed by atoms with Crippen molar-refractivity contribution < 1.29 is 13.2 Å². The Morgan fingerprint density at radius 2 is 1.71 bits per heavy atom. The summed E-state index contributed by atoms with van der Waals surface area (Å²) in [6, 6.07) is 10.1. The molecular formula is C14H15N3O3S. The highest BCUT2D eigenvalue weighted by Gasteiger charge is 2.05. The molecule has 0 saturated heterocycles. The predicted octanol–water partition coefficient (Wildman–Crippen LogP) is 1.38. The van der Waals surface area contributed by atoms with Crippen molar-refractivity contribution in [2.45, 2.75) is 6.54 Å². The lowest BCUT2D eigenvalue weighted by Crippen LogP contribution is -2.22. The van der Waals surface area contributed by atoms with Crippen LogP contribution < -0.4 is 10.0 Å². The summed E-state index contributed by atoms with van der Waals surface area (Å²) >= 11 is 0. The summed E-state index contributed by atoms with van der Waals surface area (Å²) in [6.45, 7) is 0.361. The molecule has 6 nitrogen and oxygen atoms in total. The predicted molar refractivity (Wildman–Crippen MR) is 80.3 cm³/mol. The molecule has 2 aromatic rings. The standard InChI is InChI=1S/C14H15N3O3S/c1-21(19,20)17-13-4-2-11(3-5-13)10-16-14(18)12-6-8-15-9-7-12/h2-9,17H,10H2,1H3,(H,16,18). The van der Waals surface area contributed by atoms with Crippen LogP contribution in [0.2, 0.25) is 0 Å². The van der Waals surface area contributed by atoms with Crippen LogP contribution in [0.15, 0.2) is 48.8 Å². The van der Waals surface area contributed by atoms with Gasteiger partial charge in [-0.3, -0.25) is 14.5 Å². The molecule has 21 heavy (non-hydrogen) atoms. The smallest absolute Gasteiger partial charge is 0.251 e. The molecule has 0 spiro atoms. The Bertz CT molecular complexity index is 713. The van der Waals surface area contributed by atoms with Gasteiger partial charge in [-0.05, 0) is 29.8 Å². The van der Waals surface area contributed by atoms with Crippen molar-refractivity contribution in [3.8, 4) is 0 Å². The molecule has 0 aliphatic heterocycles. The molecule has 0 bridgehead atoms. The van der Waals surface area contributed by atoms with Gasteiger partial charge in [0, 0.05) is 30.2 Å². The zero-order valence-electron chi connectivity index (χ0n) is 11.4. The number of carbonyl (C=O) groups is 1. The highest BCUT2D eigenvalue weighted by atomic mass is 32.2. The van der Waals surface area contributed by atoms with E-state index in [0.717, 1.165) is 11.8 Å². The van der Waals surface area contributed by atoms with Crippen molar-refractivity contribution in [3.63, 3.8) is 0 Å². The Balaban J connectivity index is 1.94. The van der Waals surface area contributed by atoms with Crippen LogP contribution >= 0.6 is 0 Å². The Hall–Kier alpha value is -2.41. The summed E-state index contributed by atoms with van der Waals surface area (Å²) in [5.41, 5.74) is 1.90. The largest absolute Gasteiger partial charge is 0.348 e. The number of amides is 1. The summed E-state index contributed by atoms with van der Waals surface area (Å²) in [4.78, 5) is 15.7. The number of carbonyl (C=O) groups excluding carboxylic acids is 1. The maximum absolute atomic E-state index is 11.8. The molecule has 0 aliphatic carbocycles. The summed E-state index contributed by atoms with van der Waals surface area (Å²) in [7, 11) is -3.28. The van der Waals surface area contributed by atoms with Gasteiger partial charge in [0.1, 0.15) is 0 Å². The fourth-order valence-corrected chi connectivity index (χ4v) is 2.26. The SMILES string of the molecule is CS(=O)(=O)Nc1ccc(CNC(=O)c2ccncc2)cc1. The number of hydrogen-bond donors (Lipinski definition) is 2. The maximum atomic E-state index is 11.8. The molecule has 0 aliphatic rings. The summed E-state index contributed by atoms with van der Waals surface area (Å²) in [6.07, 6.45) is 4.21. The molecule has 0 radical (unpaired) electrons. The first-order valence-electron chi connectivity index (χ1n) is 6.19. The summed E-state index contributed by atoms with van der Waals surface area (Å²) in [5.74, 6) is -0.185. The minimum atomic E-state index is -3.28. The fraction of sp³-hybridized carbons (Fsp3) is 0.143. The Kier molecular flexibility index (Phi) is 4.54. The molecule has 0 unspecified atom stereocenters. The third-order valence-corrected chi connectivity index (χ3v) is 3.26. The highest BCUT2D eigenvalue weighted by molar-refractivity contribution is 7.92. The van der Waals surface area contributed by atoms with Crippen LogP contribution in [0.25, 0.3) is 0 Å². The van der Waals surface area contributed by atoms with Gasteiger partial charge in [-0.2, -0.15) is 0 Å². The van der Waals surface area contributed by atoms with Crippen molar-refractivity contribution in [1.29, 1.82) is 0 Å². The summed E-state index contributed by atoms with van der Waals surface area (Å²) < 4.78 is 24.5. The van der Waals surface area contributed by atoms with Crippen LogP contribution in [-0.4, -0.2) is 25.6 Å². The lowest BCUT2D eigenvalue weighted by Gasteiger charge is -2.07. The van der Waals surface area contributed by atoms with Crippen LogP contribution in [0.3, 0.4) is 0 Å². The van der Waals surface area contributed by atoms with E-state index in [4.69, 9.17) is 0 Å². The van der Waals surface area contributed by atoms with E-state index in [0.29, 0.717) is 17.8 Å². The number of aromatic nitrogens is 1. The average Bonchev–Trinajstić information content (AvgIpc) is 2.45. The average molecular weight is 305 g/mol. The van der Waals surface area contributed by atoms with Gasteiger partial charge >= 0.3 is 0 Å². The number of hydrogen-bond acceptors (Lipinski definition) is 4. The molecule has 0 atom stereocenters. The van der Waals surface area contributed by atoms with Crippen molar-refractivity contribution in [1.82, 2.24) is 10.3 Å². The fourth-order valence-electron chi connectivity index (χ4n) is 1.69. The maximum Gasteiger partial charge on any atom is 0.251 e. The first-order chi connectivity index (χ1) is 9.94. The first-order valence-corrected chi connectivity index (χ1v) is 8.08. The number of nitrogens with zero attached hydrogens (tertiary/aromatic N) is 1. The highest BCUT2D eigenvalue weighted by Crippen LogP contribution is 2.10. The summed E-state index contributed by atoms with van der Waals surface area (Å²) in [5, 5.41) is 2.78. The molecule has 1 aromatic heterocycles. The van der Waals surface area contributed by atoms with Crippen molar-refractivity contribution in [3.05, 3.63) is 59.9 Å². The number of sulfonamides is 1. The van der Waals surface area contributed by atoms with Gasteiger partial charge in [0.15, 0.2) is 0 Å². The molecule has 2 N–H and O–H groups in total. The molecule has 1 heterocycles. The van der Waals surface area contributed by atoms with Crippen LogP contribution in [0.5, 0.6) is 0 Å². The molecule has 2 rings (SSSR count). The number of benzene rings is 1. The first kappa shape index (κ1) is 15.0. The molecule has 0 fully saturated rings. The molecule has 1 aromatic carbocycles. The Morgan fingerprint density at radius 3 is 2.29 bits per heavy atom. The van der Waals surface area contributed by atoms with E-state index in [1.54, 1.807) is 48.8 Å². The topological polar surface area (TPSA) is 88.2 Å². The normalized spacial score (nSPS) is 10.9. The zero-order valence-corrected chi connectivity index (χ0v) is 12.2. The molecule has 0 saturated carbocycles. The van der Waals surface area contributed by atoms with Gasteiger partial charge in [-0.15, -0.1) is 0 Å². The number of nitrogens with one attached hydrogen (secondary N) is 2. The zero-order chi connectivity index (χ0) is 15.3. The van der Waals surface area contributed by atoms with E-state index in [2.05, 4.69) is 15.0 Å². The van der Waals surface area contributed by atoms with Crippen LogP contribution in [0.1, 0.15) is 15.9 Å². The molecular weight excluding hydrogens is 290 g/mol. The lowest BCUT2D eigenvalue weighted by molar-refractivity contribution is 0.0951. The second-order valence-electron chi connectivity index (χ2n) is 4.49. The number of pyridine rings is 1. The third kappa shape index (κ3) is 4.88. The van der Waals surface area contributed by atoms with Crippen LogP contribution in [0, 0.1) is 0 Å². The van der Waals surface area contributed by atoms with E-state index in [1.807, 2.05) is 0 Å². The van der Waals surface area contributed by atoms with Crippen molar-refractivity contribution >= 4 is 21.6 Å². The van der Waals surface area contributed by atoms with Crippen molar-refractivity contribution in [2.75, 3.05) is 11.0 Å². The number of rotatable bonds is 5. The Morgan fingerprint density at radius 1 is 1.10 bits per heavy atom.